The molecule has 1 saturated carbocycles. The lowest BCUT2D eigenvalue weighted by Gasteiger charge is -2.46. The van der Waals surface area contributed by atoms with Crippen LogP contribution in [0.25, 0.3) is 0 Å². The molecule has 3 aliphatic carbocycles. The minimum absolute atomic E-state index is 0.424. The first-order valence-electron chi connectivity index (χ1n) is 7.85. The molecule has 0 aromatic heterocycles. The van der Waals surface area contributed by atoms with Crippen LogP contribution in [0.15, 0.2) is 41.5 Å². The lowest BCUT2D eigenvalue weighted by molar-refractivity contribution is 0.218. The average molecular weight is 265 g/mol. The van der Waals surface area contributed by atoms with Crippen molar-refractivity contribution in [2.45, 2.75) is 45.4 Å². The molecule has 1 fully saturated rings. The minimum Gasteiger partial charge on any atom is -0.399 e. The van der Waals surface area contributed by atoms with E-state index in [1.807, 2.05) is 0 Å². The molecule has 104 valence electrons. The highest BCUT2D eigenvalue weighted by atomic mass is 14.6. The van der Waals surface area contributed by atoms with E-state index >= 15 is 0 Å². The highest BCUT2D eigenvalue weighted by Gasteiger charge is 2.47. The van der Waals surface area contributed by atoms with Crippen molar-refractivity contribution < 1.29 is 0 Å². The molecule has 4 rings (SSSR count). The number of benzene rings is 1. The summed E-state index contributed by atoms with van der Waals surface area (Å²) in [7, 11) is 0. The first-order valence-corrected chi connectivity index (χ1v) is 7.85. The van der Waals surface area contributed by atoms with E-state index in [-0.39, 0.29) is 0 Å². The molecule has 0 bridgehead atoms. The van der Waals surface area contributed by atoms with E-state index in [2.05, 4.69) is 44.2 Å². The molecule has 0 heterocycles. The molecule has 1 nitrogen and oxygen atoms in total. The van der Waals surface area contributed by atoms with Gasteiger partial charge in [0.05, 0.1) is 0 Å². The van der Waals surface area contributed by atoms with Crippen LogP contribution in [0.5, 0.6) is 0 Å². The van der Waals surface area contributed by atoms with Crippen LogP contribution in [0.3, 0.4) is 0 Å². The summed E-state index contributed by atoms with van der Waals surface area (Å²) in [5.41, 5.74) is 13.6. The molecule has 2 N–H and O–H groups in total. The number of rotatable bonds is 0. The van der Waals surface area contributed by atoms with Gasteiger partial charge >= 0.3 is 0 Å². The molecular weight excluding hydrogens is 242 g/mol. The third-order valence-corrected chi connectivity index (χ3v) is 6.19. The Morgan fingerprint density at radius 2 is 2.10 bits per heavy atom. The van der Waals surface area contributed by atoms with E-state index in [0.717, 1.165) is 18.0 Å². The second-order valence-corrected chi connectivity index (χ2v) is 7.05. The van der Waals surface area contributed by atoms with Gasteiger partial charge in [0.1, 0.15) is 0 Å². The van der Waals surface area contributed by atoms with Crippen molar-refractivity contribution in [3.8, 4) is 0 Å². The lowest BCUT2D eigenvalue weighted by Crippen LogP contribution is -2.34. The molecule has 1 aromatic carbocycles. The normalized spacial score (nSPS) is 34.7. The Morgan fingerprint density at radius 3 is 2.95 bits per heavy atom. The predicted molar refractivity (Wildman–Crippen MR) is 84.6 cm³/mol. The van der Waals surface area contributed by atoms with Gasteiger partial charge in [-0.2, -0.15) is 0 Å². The molecule has 3 aliphatic rings. The maximum Gasteiger partial charge on any atom is 0.0317 e. The van der Waals surface area contributed by atoms with Gasteiger partial charge < -0.3 is 5.73 Å². The Kier molecular flexibility index (Phi) is 2.45. The molecule has 1 aromatic rings. The number of nitrogen functional groups attached to an aromatic ring is 1. The monoisotopic (exact) mass is 265 g/mol. The maximum atomic E-state index is 5.95. The van der Waals surface area contributed by atoms with Gasteiger partial charge in [0.2, 0.25) is 0 Å². The number of nitrogens with two attached hydrogens (primary N) is 1. The molecule has 3 atom stereocenters. The number of hydrogen-bond acceptors (Lipinski definition) is 1. The highest BCUT2D eigenvalue weighted by Crippen LogP contribution is 2.59. The van der Waals surface area contributed by atoms with Gasteiger partial charge in [0.25, 0.3) is 0 Å². The van der Waals surface area contributed by atoms with Gasteiger partial charge in [-0.3, -0.25) is 0 Å². The third-order valence-electron chi connectivity index (χ3n) is 6.19. The van der Waals surface area contributed by atoms with E-state index < -0.39 is 0 Å². The Hall–Kier alpha value is -1.50. The Balaban J connectivity index is 1.76. The van der Waals surface area contributed by atoms with Crippen molar-refractivity contribution in [2.24, 2.45) is 11.3 Å². The summed E-state index contributed by atoms with van der Waals surface area (Å²) in [6.07, 6.45) is 9.92. The minimum atomic E-state index is 0.424. The van der Waals surface area contributed by atoms with Crippen molar-refractivity contribution in [3.05, 3.63) is 52.6 Å². The molecule has 0 radical (unpaired) electrons. The molecule has 0 saturated heterocycles. The summed E-state index contributed by atoms with van der Waals surface area (Å²) in [6.45, 7) is 4.81. The summed E-state index contributed by atoms with van der Waals surface area (Å²) >= 11 is 0. The number of anilines is 1. The van der Waals surface area contributed by atoms with E-state index in [9.17, 15) is 0 Å². The van der Waals surface area contributed by atoms with Crippen LogP contribution in [-0.4, -0.2) is 0 Å². The van der Waals surface area contributed by atoms with Gasteiger partial charge in [0.15, 0.2) is 0 Å². The van der Waals surface area contributed by atoms with Gasteiger partial charge in [-0.25, -0.2) is 0 Å². The van der Waals surface area contributed by atoms with Crippen LogP contribution in [0, 0.1) is 11.3 Å². The van der Waals surface area contributed by atoms with Gasteiger partial charge in [-0.05, 0) is 67.2 Å². The summed E-state index contributed by atoms with van der Waals surface area (Å²) in [4.78, 5) is 0. The molecule has 0 amide bonds. The summed E-state index contributed by atoms with van der Waals surface area (Å²) in [5, 5.41) is 0. The quantitative estimate of drug-likeness (QED) is 0.538. The van der Waals surface area contributed by atoms with E-state index in [0.29, 0.717) is 11.3 Å². The summed E-state index contributed by atoms with van der Waals surface area (Å²) < 4.78 is 0. The second-order valence-electron chi connectivity index (χ2n) is 7.05. The zero-order valence-corrected chi connectivity index (χ0v) is 12.4. The van der Waals surface area contributed by atoms with Crippen LogP contribution in [-0.2, 0) is 6.42 Å². The summed E-state index contributed by atoms with van der Waals surface area (Å²) in [5.74, 6) is 1.39. The van der Waals surface area contributed by atoms with Crippen molar-refractivity contribution in [1.82, 2.24) is 0 Å². The second kappa shape index (κ2) is 4.00. The highest BCUT2D eigenvalue weighted by molar-refractivity contribution is 5.52. The standard InChI is InChI=1S/C19H23N/c1-12-3-8-18-17-6-4-13-11-14(20)5-7-15(13)16(17)9-10-19(12,18)2/h3,5-7,11,16,18H,4,8-10,20H2,1-2H3. The van der Waals surface area contributed by atoms with E-state index in [4.69, 9.17) is 5.73 Å². The number of fused-ring (bicyclic) bond motifs is 5. The molecule has 1 heteroatoms. The molecule has 0 spiro atoms. The van der Waals surface area contributed by atoms with Crippen molar-refractivity contribution in [3.63, 3.8) is 0 Å². The fraction of sp³-hybridized carbons (Fsp3) is 0.474. The van der Waals surface area contributed by atoms with Crippen LogP contribution in [0.4, 0.5) is 5.69 Å². The van der Waals surface area contributed by atoms with Crippen LogP contribution < -0.4 is 5.73 Å². The Bertz CT molecular complexity index is 637. The fourth-order valence-electron chi connectivity index (χ4n) is 4.78. The number of allylic oxidation sites excluding steroid dienone is 4. The zero-order valence-electron chi connectivity index (χ0n) is 12.4. The maximum absolute atomic E-state index is 5.95. The fourth-order valence-corrected chi connectivity index (χ4v) is 4.78. The first-order chi connectivity index (χ1) is 9.59. The van der Waals surface area contributed by atoms with E-state index in [1.54, 1.807) is 16.7 Å². The average Bonchev–Trinajstić information content (AvgIpc) is 2.74. The van der Waals surface area contributed by atoms with Crippen molar-refractivity contribution >= 4 is 5.69 Å². The van der Waals surface area contributed by atoms with Crippen molar-refractivity contribution in [2.75, 3.05) is 5.73 Å². The van der Waals surface area contributed by atoms with E-state index in [1.165, 1.54) is 24.8 Å². The van der Waals surface area contributed by atoms with Crippen LogP contribution in [0.2, 0.25) is 0 Å². The van der Waals surface area contributed by atoms with Crippen molar-refractivity contribution in [1.29, 1.82) is 0 Å². The Labute approximate surface area is 121 Å². The summed E-state index contributed by atoms with van der Waals surface area (Å²) in [6, 6.07) is 6.53. The zero-order chi connectivity index (χ0) is 13.9. The van der Waals surface area contributed by atoms with Crippen LogP contribution >= 0.6 is 0 Å². The molecular formula is C19H23N. The smallest absolute Gasteiger partial charge is 0.0317 e. The van der Waals surface area contributed by atoms with Gasteiger partial charge in [-0.15, -0.1) is 0 Å². The third kappa shape index (κ3) is 1.49. The largest absolute Gasteiger partial charge is 0.399 e. The SMILES string of the molecule is CC1=CCC2C3=CCc4cc(N)ccc4C3CCC12C. The topological polar surface area (TPSA) is 26.0 Å². The predicted octanol–water partition coefficient (Wildman–Crippen LogP) is 4.60. The first kappa shape index (κ1) is 12.3. The van der Waals surface area contributed by atoms with Gasteiger partial charge in [-0.1, -0.05) is 36.3 Å². The molecule has 3 unspecified atom stereocenters. The molecule has 0 aliphatic heterocycles. The van der Waals surface area contributed by atoms with Gasteiger partial charge in [0, 0.05) is 11.6 Å². The number of hydrogen-bond donors (Lipinski definition) is 1. The van der Waals surface area contributed by atoms with Crippen LogP contribution in [0.1, 0.15) is 50.2 Å². The Morgan fingerprint density at radius 1 is 1.25 bits per heavy atom. The molecule has 20 heavy (non-hydrogen) atoms. The lowest BCUT2D eigenvalue weighted by atomic mass is 9.58.